The van der Waals surface area contributed by atoms with Crippen LogP contribution in [0.1, 0.15) is 5.56 Å². The number of hydrogen-bond donors (Lipinski definition) is 1. The van der Waals surface area contributed by atoms with Gasteiger partial charge in [-0.05, 0) is 17.7 Å². The van der Waals surface area contributed by atoms with Gasteiger partial charge in [0.05, 0.1) is 0 Å². The molecule has 0 atom stereocenters. The van der Waals surface area contributed by atoms with Crippen molar-refractivity contribution < 1.29 is 9.53 Å². The van der Waals surface area contributed by atoms with Gasteiger partial charge in [0, 0.05) is 45.0 Å². The maximum Gasteiger partial charge on any atom is 0.293 e. The summed E-state index contributed by atoms with van der Waals surface area (Å²) in [7, 11) is 0. The summed E-state index contributed by atoms with van der Waals surface area (Å²) in [6.45, 7) is 6.94. The summed E-state index contributed by atoms with van der Waals surface area (Å²) in [5.74, 6) is 0. The average molecular weight is 263 g/mol. The lowest BCUT2D eigenvalue weighted by Crippen LogP contribution is -2.46. The van der Waals surface area contributed by atoms with Crippen LogP contribution in [0.15, 0.2) is 24.3 Å². The molecule has 1 heterocycles. The Hall–Kier alpha value is -1.59. The second-order valence-electron chi connectivity index (χ2n) is 4.83. The number of rotatable bonds is 6. The lowest BCUT2D eigenvalue weighted by molar-refractivity contribution is -0.129. The van der Waals surface area contributed by atoms with Gasteiger partial charge in [0.2, 0.25) is 0 Å². The van der Waals surface area contributed by atoms with Crippen LogP contribution < -0.4 is 5.73 Å². The van der Waals surface area contributed by atoms with Gasteiger partial charge in [-0.1, -0.05) is 12.1 Å². The van der Waals surface area contributed by atoms with E-state index in [0.717, 1.165) is 45.0 Å². The Kier molecular flexibility index (Phi) is 5.18. The molecule has 1 fully saturated rings. The Morgan fingerprint density at radius 1 is 1.11 bits per heavy atom. The quantitative estimate of drug-likeness (QED) is 0.462. The van der Waals surface area contributed by atoms with Crippen molar-refractivity contribution in [2.75, 3.05) is 45.1 Å². The molecule has 0 radical (unpaired) electrons. The van der Waals surface area contributed by atoms with Gasteiger partial charge in [0.15, 0.2) is 0 Å². The van der Waals surface area contributed by atoms with E-state index in [1.807, 2.05) is 12.1 Å². The number of nitrogen functional groups attached to an aromatic ring is 1. The van der Waals surface area contributed by atoms with Crippen molar-refractivity contribution in [2.24, 2.45) is 0 Å². The van der Waals surface area contributed by atoms with Gasteiger partial charge in [-0.25, -0.2) is 0 Å². The Bertz CT molecular complexity index is 386. The van der Waals surface area contributed by atoms with E-state index in [9.17, 15) is 4.79 Å². The fourth-order valence-corrected chi connectivity index (χ4v) is 2.28. The van der Waals surface area contributed by atoms with Crippen LogP contribution in [0.25, 0.3) is 0 Å². The lowest BCUT2D eigenvalue weighted by atomic mass is 10.2. The monoisotopic (exact) mass is 263 g/mol. The second kappa shape index (κ2) is 7.11. The maximum absolute atomic E-state index is 10.1. The molecule has 0 spiro atoms. The van der Waals surface area contributed by atoms with Crippen LogP contribution in [0.5, 0.6) is 0 Å². The molecule has 5 heteroatoms. The van der Waals surface area contributed by atoms with E-state index >= 15 is 0 Å². The summed E-state index contributed by atoms with van der Waals surface area (Å²) in [6, 6.07) is 8.06. The third-order valence-electron chi connectivity index (χ3n) is 3.44. The number of piperazine rings is 1. The van der Waals surface area contributed by atoms with E-state index in [4.69, 9.17) is 10.5 Å². The summed E-state index contributed by atoms with van der Waals surface area (Å²) in [5.41, 5.74) is 7.79. The normalized spacial score (nSPS) is 17.3. The van der Waals surface area contributed by atoms with E-state index < -0.39 is 0 Å². The van der Waals surface area contributed by atoms with Gasteiger partial charge >= 0.3 is 0 Å². The van der Waals surface area contributed by atoms with Crippen LogP contribution in [0.4, 0.5) is 5.69 Å². The largest absolute Gasteiger partial charge is 0.467 e. The fourth-order valence-electron chi connectivity index (χ4n) is 2.28. The van der Waals surface area contributed by atoms with Crippen molar-refractivity contribution in [1.29, 1.82) is 0 Å². The Balaban J connectivity index is 1.71. The van der Waals surface area contributed by atoms with Crippen LogP contribution in [0.3, 0.4) is 0 Å². The second-order valence-corrected chi connectivity index (χ2v) is 4.83. The molecule has 0 unspecified atom stereocenters. The van der Waals surface area contributed by atoms with Crippen molar-refractivity contribution in [3.8, 4) is 0 Å². The highest BCUT2D eigenvalue weighted by Gasteiger charge is 2.16. The average Bonchev–Trinajstić information content (AvgIpc) is 2.44. The number of nitrogens with two attached hydrogens (primary N) is 1. The zero-order valence-corrected chi connectivity index (χ0v) is 11.1. The number of carbonyl (C=O) groups is 1. The molecule has 0 bridgehead atoms. The zero-order valence-electron chi connectivity index (χ0n) is 11.1. The molecule has 2 N–H and O–H groups in total. The van der Waals surface area contributed by atoms with Crippen molar-refractivity contribution >= 4 is 12.2 Å². The molecule has 19 heavy (non-hydrogen) atoms. The highest BCUT2D eigenvalue weighted by molar-refractivity contribution is 5.39. The number of benzene rings is 1. The molecule has 0 amide bonds. The van der Waals surface area contributed by atoms with Crippen molar-refractivity contribution in [2.45, 2.75) is 6.54 Å². The Morgan fingerprint density at radius 3 is 2.37 bits per heavy atom. The minimum Gasteiger partial charge on any atom is -0.467 e. The molecule has 1 aliphatic heterocycles. The predicted octanol–water partition coefficient (Wildman–Crippen LogP) is 0.559. The highest BCUT2D eigenvalue weighted by atomic mass is 16.5. The minimum atomic E-state index is 0.488. The van der Waals surface area contributed by atoms with E-state index in [1.165, 1.54) is 5.56 Å². The van der Waals surface area contributed by atoms with Gasteiger partial charge in [-0.3, -0.25) is 14.6 Å². The standard InChI is InChI=1S/C14H21N3O2/c15-14-3-1-13(2-4-14)11-17-7-5-16(6-8-17)9-10-19-12-18/h1-4,12H,5-11,15H2. The molecule has 0 saturated carbocycles. The SMILES string of the molecule is Nc1ccc(CN2CCN(CCOC=O)CC2)cc1. The molecule has 1 aliphatic rings. The van der Waals surface area contributed by atoms with Crippen molar-refractivity contribution in [3.63, 3.8) is 0 Å². The fraction of sp³-hybridized carbons (Fsp3) is 0.500. The van der Waals surface area contributed by atoms with Gasteiger partial charge in [-0.15, -0.1) is 0 Å². The summed E-state index contributed by atoms with van der Waals surface area (Å²) >= 11 is 0. The predicted molar refractivity (Wildman–Crippen MR) is 74.6 cm³/mol. The molecular formula is C14H21N3O2. The van der Waals surface area contributed by atoms with Crippen LogP contribution in [-0.2, 0) is 16.1 Å². The van der Waals surface area contributed by atoms with Crippen LogP contribution >= 0.6 is 0 Å². The summed E-state index contributed by atoms with van der Waals surface area (Å²) in [6.07, 6.45) is 0. The smallest absolute Gasteiger partial charge is 0.293 e. The Labute approximate surface area is 113 Å². The zero-order chi connectivity index (χ0) is 13.5. The minimum absolute atomic E-state index is 0.488. The summed E-state index contributed by atoms with van der Waals surface area (Å²) < 4.78 is 4.72. The number of carbonyl (C=O) groups excluding carboxylic acids is 1. The molecule has 1 saturated heterocycles. The first kappa shape index (κ1) is 13.8. The first-order valence-electron chi connectivity index (χ1n) is 6.62. The number of nitrogens with zero attached hydrogens (tertiary/aromatic N) is 2. The molecule has 104 valence electrons. The summed E-state index contributed by atoms with van der Waals surface area (Å²) in [5, 5.41) is 0. The number of ether oxygens (including phenoxy) is 1. The van der Waals surface area contributed by atoms with Crippen LogP contribution in [0, 0.1) is 0 Å². The molecule has 1 aromatic rings. The maximum atomic E-state index is 10.1. The van der Waals surface area contributed by atoms with E-state index in [1.54, 1.807) is 0 Å². The number of anilines is 1. The molecule has 0 aromatic heterocycles. The molecular weight excluding hydrogens is 242 g/mol. The van der Waals surface area contributed by atoms with E-state index in [-0.39, 0.29) is 0 Å². The number of hydrogen-bond acceptors (Lipinski definition) is 5. The highest BCUT2D eigenvalue weighted by Crippen LogP contribution is 2.10. The topological polar surface area (TPSA) is 58.8 Å². The van der Waals surface area contributed by atoms with Crippen molar-refractivity contribution in [1.82, 2.24) is 9.80 Å². The van der Waals surface area contributed by atoms with E-state index in [0.29, 0.717) is 13.1 Å². The van der Waals surface area contributed by atoms with Crippen LogP contribution in [-0.4, -0.2) is 55.6 Å². The summed E-state index contributed by atoms with van der Waals surface area (Å²) in [4.78, 5) is 14.8. The van der Waals surface area contributed by atoms with Gasteiger partial charge in [-0.2, -0.15) is 0 Å². The third-order valence-corrected chi connectivity index (χ3v) is 3.44. The molecule has 2 rings (SSSR count). The van der Waals surface area contributed by atoms with Crippen molar-refractivity contribution in [3.05, 3.63) is 29.8 Å². The van der Waals surface area contributed by atoms with Gasteiger partial charge in [0.25, 0.3) is 6.47 Å². The van der Waals surface area contributed by atoms with Crippen LogP contribution in [0.2, 0.25) is 0 Å². The first-order valence-corrected chi connectivity index (χ1v) is 6.62. The molecule has 5 nitrogen and oxygen atoms in total. The first-order chi connectivity index (χ1) is 9.28. The van der Waals surface area contributed by atoms with Gasteiger partial charge in [0.1, 0.15) is 6.61 Å². The Morgan fingerprint density at radius 2 is 1.74 bits per heavy atom. The third kappa shape index (κ3) is 4.54. The van der Waals surface area contributed by atoms with Gasteiger partial charge < -0.3 is 10.5 Å². The van der Waals surface area contributed by atoms with E-state index in [2.05, 4.69) is 21.9 Å². The molecule has 1 aromatic carbocycles. The lowest BCUT2D eigenvalue weighted by Gasteiger charge is -2.34. The molecule has 0 aliphatic carbocycles.